The first-order valence-electron chi connectivity index (χ1n) is 7.53. The summed E-state index contributed by atoms with van der Waals surface area (Å²) in [5.74, 6) is 1.44. The number of rotatable bonds is 2. The number of hydrogen-bond donors (Lipinski definition) is 3. The van der Waals surface area contributed by atoms with E-state index >= 15 is 0 Å². The van der Waals surface area contributed by atoms with E-state index in [1.54, 1.807) is 0 Å². The molecule has 0 spiro atoms. The number of nitrogens with one attached hydrogen (secondary N) is 2. The maximum Gasteiger partial charge on any atom is 0.228 e. The Morgan fingerprint density at radius 1 is 1.30 bits per heavy atom. The Balaban J connectivity index is 1.81. The third-order valence-corrected chi connectivity index (χ3v) is 4.95. The van der Waals surface area contributed by atoms with E-state index in [4.69, 9.17) is 5.73 Å². The number of nitrogens with two attached hydrogens (primary N) is 1. The molecule has 1 heterocycles. The zero-order chi connectivity index (χ0) is 14.3. The Bertz CT molecular complexity index is 541. The SMILES string of the molecule is CC1CCCC(Nc2cc3c(cc2N)CC(=O)N3)C1C. The first-order chi connectivity index (χ1) is 9.54. The molecule has 0 bridgehead atoms. The highest BCUT2D eigenvalue weighted by Crippen LogP contribution is 2.36. The molecular formula is C16H23N3O. The summed E-state index contributed by atoms with van der Waals surface area (Å²) in [6, 6.07) is 4.38. The van der Waals surface area contributed by atoms with Crippen LogP contribution in [-0.4, -0.2) is 11.9 Å². The summed E-state index contributed by atoms with van der Waals surface area (Å²) in [5, 5.41) is 6.49. The molecule has 1 saturated carbocycles. The lowest BCUT2D eigenvalue weighted by atomic mass is 9.78. The van der Waals surface area contributed by atoms with Crippen LogP contribution < -0.4 is 16.4 Å². The summed E-state index contributed by atoms with van der Waals surface area (Å²) in [7, 11) is 0. The Kier molecular flexibility index (Phi) is 3.32. The summed E-state index contributed by atoms with van der Waals surface area (Å²) < 4.78 is 0. The summed E-state index contributed by atoms with van der Waals surface area (Å²) >= 11 is 0. The van der Waals surface area contributed by atoms with E-state index in [1.165, 1.54) is 19.3 Å². The average Bonchev–Trinajstić information content (AvgIpc) is 2.74. The highest BCUT2D eigenvalue weighted by Gasteiger charge is 2.28. The minimum Gasteiger partial charge on any atom is -0.397 e. The molecule has 1 aliphatic carbocycles. The fraction of sp³-hybridized carbons (Fsp3) is 0.562. The van der Waals surface area contributed by atoms with E-state index in [0.29, 0.717) is 18.4 Å². The van der Waals surface area contributed by atoms with Gasteiger partial charge in [0.15, 0.2) is 0 Å². The van der Waals surface area contributed by atoms with E-state index in [1.807, 2.05) is 12.1 Å². The molecule has 1 amide bonds. The molecule has 0 radical (unpaired) electrons. The Labute approximate surface area is 120 Å². The van der Waals surface area contributed by atoms with Gasteiger partial charge in [-0.15, -0.1) is 0 Å². The van der Waals surface area contributed by atoms with Crippen LogP contribution >= 0.6 is 0 Å². The maximum absolute atomic E-state index is 11.4. The molecular weight excluding hydrogens is 250 g/mol. The van der Waals surface area contributed by atoms with E-state index < -0.39 is 0 Å². The van der Waals surface area contributed by atoms with Gasteiger partial charge in [-0.05, 0) is 36.0 Å². The molecule has 4 heteroatoms. The average molecular weight is 273 g/mol. The molecule has 3 atom stereocenters. The largest absolute Gasteiger partial charge is 0.397 e. The van der Waals surface area contributed by atoms with Gasteiger partial charge in [-0.2, -0.15) is 0 Å². The Morgan fingerprint density at radius 2 is 2.10 bits per heavy atom. The molecule has 4 N–H and O–H groups in total. The number of hydrogen-bond acceptors (Lipinski definition) is 3. The smallest absolute Gasteiger partial charge is 0.228 e. The monoisotopic (exact) mass is 273 g/mol. The van der Waals surface area contributed by atoms with Gasteiger partial charge in [-0.25, -0.2) is 0 Å². The minimum atomic E-state index is 0.0520. The number of nitrogen functional groups attached to an aromatic ring is 1. The third kappa shape index (κ3) is 2.35. The van der Waals surface area contributed by atoms with Crippen LogP contribution in [0, 0.1) is 11.8 Å². The van der Waals surface area contributed by atoms with Gasteiger partial charge in [0, 0.05) is 11.7 Å². The molecule has 3 unspecified atom stereocenters. The Hall–Kier alpha value is -1.71. The van der Waals surface area contributed by atoms with Crippen molar-refractivity contribution in [3.05, 3.63) is 17.7 Å². The highest BCUT2D eigenvalue weighted by molar-refractivity contribution is 6.00. The molecule has 4 nitrogen and oxygen atoms in total. The number of fused-ring (bicyclic) bond motifs is 1. The minimum absolute atomic E-state index is 0.0520. The van der Waals surface area contributed by atoms with Crippen molar-refractivity contribution in [2.45, 2.75) is 45.6 Å². The predicted molar refractivity (Wildman–Crippen MR) is 82.8 cm³/mol. The normalized spacial score (nSPS) is 28.9. The number of carbonyl (C=O) groups excluding carboxylic acids is 1. The highest BCUT2D eigenvalue weighted by atomic mass is 16.1. The molecule has 108 valence electrons. The third-order valence-electron chi connectivity index (χ3n) is 4.95. The number of carbonyl (C=O) groups is 1. The van der Waals surface area contributed by atoms with Crippen molar-refractivity contribution in [1.29, 1.82) is 0 Å². The molecule has 2 aliphatic rings. The van der Waals surface area contributed by atoms with E-state index in [9.17, 15) is 4.79 Å². The second kappa shape index (κ2) is 5.00. The van der Waals surface area contributed by atoms with Crippen molar-refractivity contribution in [3.8, 4) is 0 Å². The first kappa shape index (κ1) is 13.3. The van der Waals surface area contributed by atoms with Crippen LogP contribution in [0.1, 0.15) is 38.7 Å². The topological polar surface area (TPSA) is 67.1 Å². The number of anilines is 3. The van der Waals surface area contributed by atoms with Crippen molar-refractivity contribution in [2.24, 2.45) is 11.8 Å². The van der Waals surface area contributed by atoms with Crippen molar-refractivity contribution in [3.63, 3.8) is 0 Å². The van der Waals surface area contributed by atoms with Gasteiger partial charge in [0.1, 0.15) is 0 Å². The molecule has 0 aromatic heterocycles. The van der Waals surface area contributed by atoms with Gasteiger partial charge >= 0.3 is 0 Å². The van der Waals surface area contributed by atoms with Crippen LogP contribution in [0.4, 0.5) is 17.1 Å². The predicted octanol–water partition coefficient (Wildman–Crippen LogP) is 3.00. The zero-order valence-electron chi connectivity index (χ0n) is 12.2. The fourth-order valence-corrected chi connectivity index (χ4v) is 3.40. The van der Waals surface area contributed by atoms with Gasteiger partial charge in [0.25, 0.3) is 0 Å². The molecule has 0 saturated heterocycles. The van der Waals surface area contributed by atoms with Crippen LogP contribution in [0.3, 0.4) is 0 Å². The lowest BCUT2D eigenvalue weighted by Crippen LogP contribution is -2.35. The van der Waals surface area contributed by atoms with Crippen molar-refractivity contribution < 1.29 is 4.79 Å². The number of amides is 1. The van der Waals surface area contributed by atoms with E-state index in [2.05, 4.69) is 24.5 Å². The Morgan fingerprint density at radius 3 is 2.90 bits per heavy atom. The van der Waals surface area contributed by atoms with Crippen LogP contribution in [0.15, 0.2) is 12.1 Å². The van der Waals surface area contributed by atoms with Crippen LogP contribution in [-0.2, 0) is 11.2 Å². The molecule has 1 aromatic rings. The quantitative estimate of drug-likeness (QED) is 0.726. The molecule has 20 heavy (non-hydrogen) atoms. The van der Waals surface area contributed by atoms with Gasteiger partial charge in [0.2, 0.25) is 5.91 Å². The summed E-state index contributed by atoms with van der Waals surface area (Å²) in [6.45, 7) is 4.64. The van der Waals surface area contributed by atoms with Crippen molar-refractivity contribution in [2.75, 3.05) is 16.4 Å². The first-order valence-corrected chi connectivity index (χ1v) is 7.53. The summed E-state index contributed by atoms with van der Waals surface area (Å²) in [4.78, 5) is 11.4. The second-order valence-electron chi connectivity index (χ2n) is 6.34. The van der Waals surface area contributed by atoms with Crippen LogP contribution in [0.25, 0.3) is 0 Å². The molecule has 1 aliphatic heterocycles. The molecule has 1 aromatic carbocycles. The maximum atomic E-state index is 11.4. The lowest BCUT2D eigenvalue weighted by Gasteiger charge is -2.35. The van der Waals surface area contributed by atoms with E-state index in [0.717, 1.165) is 28.5 Å². The van der Waals surface area contributed by atoms with Crippen molar-refractivity contribution >= 4 is 23.0 Å². The van der Waals surface area contributed by atoms with Gasteiger partial charge in [0.05, 0.1) is 17.8 Å². The van der Waals surface area contributed by atoms with Gasteiger partial charge < -0.3 is 16.4 Å². The van der Waals surface area contributed by atoms with Gasteiger partial charge in [-0.1, -0.05) is 26.7 Å². The van der Waals surface area contributed by atoms with Crippen molar-refractivity contribution in [1.82, 2.24) is 0 Å². The second-order valence-corrected chi connectivity index (χ2v) is 6.34. The fourth-order valence-electron chi connectivity index (χ4n) is 3.40. The summed E-state index contributed by atoms with van der Waals surface area (Å²) in [6.07, 6.45) is 4.21. The standard InChI is InChI=1S/C16H23N3O/c1-9-4-3-5-13(10(9)2)18-15-8-14-11(6-12(15)17)7-16(20)19-14/h6,8-10,13,18H,3-5,7,17H2,1-2H3,(H,19,20). The number of benzene rings is 1. The van der Waals surface area contributed by atoms with Gasteiger partial charge in [-0.3, -0.25) is 4.79 Å². The summed E-state index contributed by atoms with van der Waals surface area (Å²) in [5.41, 5.74) is 9.74. The zero-order valence-corrected chi connectivity index (χ0v) is 12.2. The van der Waals surface area contributed by atoms with E-state index in [-0.39, 0.29) is 5.91 Å². The van der Waals surface area contributed by atoms with Crippen LogP contribution in [0.5, 0.6) is 0 Å². The molecule has 3 rings (SSSR count). The lowest BCUT2D eigenvalue weighted by molar-refractivity contribution is -0.115. The van der Waals surface area contributed by atoms with Crippen LogP contribution in [0.2, 0.25) is 0 Å². The molecule has 1 fully saturated rings.